The van der Waals surface area contributed by atoms with Gasteiger partial charge < -0.3 is 15.5 Å². The minimum atomic E-state index is -0.818. The largest absolute Gasteiger partial charge is 0.349 e. The Morgan fingerprint density at radius 1 is 1.59 bits per heavy atom. The molecule has 1 saturated heterocycles. The predicted molar refractivity (Wildman–Crippen MR) is 66.1 cm³/mol. The van der Waals surface area contributed by atoms with Crippen LogP contribution in [0.5, 0.6) is 0 Å². The number of aromatic nitrogens is 2. The van der Waals surface area contributed by atoms with Crippen LogP contribution in [0.25, 0.3) is 0 Å². The Bertz CT molecular complexity index is 384. The van der Waals surface area contributed by atoms with E-state index in [4.69, 9.17) is 5.73 Å². The first-order valence-electron chi connectivity index (χ1n) is 5.73. The number of alkyl halides is 1. The van der Waals surface area contributed by atoms with Crippen molar-refractivity contribution in [2.24, 2.45) is 5.73 Å². The first-order chi connectivity index (χ1) is 8.11. The summed E-state index contributed by atoms with van der Waals surface area (Å²) in [6, 6.07) is 1.84. The molecule has 2 heterocycles. The third-order valence-corrected chi connectivity index (χ3v) is 2.96. The molecule has 1 aliphatic heterocycles. The van der Waals surface area contributed by atoms with Gasteiger partial charge in [-0.3, -0.25) is 0 Å². The highest BCUT2D eigenvalue weighted by Gasteiger charge is 2.32. The van der Waals surface area contributed by atoms with Crippen LogP contribution in [0.4, 0.5) is 16.2 Å². The minimum absolute atomic E-state index is 0.0370. The number of hydrogen-bond donors (Lipinski definition) is 1. The van der Waals surface area contributed by atoms with E-state index in [-0.39, 0.29) is 6.04 Å². The van der Waals surface area contributed by atoms with Crippen molar-refractivity contribution in [2.75, 3.05) is 37.0 Å². The van der Waals surface area contributed by atoms with Gasteiger partial charge in [-0.1, -0.05) is 0 Å². The van der Waals surface area contributed by atoms with E-state index in [1.54, 1.807) is 12.3 Å². The van der Waals surface area contributed by atoms with E-state index >= 15 is 0 Å². The van der Waals surface area contributed by atoms with Crippen LogP contribution in [0.15, 0.2) is 12.3 Å². The Labute approximate surface area is 100 Å². The minimum Gasteiger partial charge on any atom is -0.349 e. The van der Waals surface area contributed by atoms with Gasteiger partial charge in [-0.2, -0.15) is 4.98 Å². The average Bonchev–Trinajstić information content (AvgIpc) is 2.70. The summed E-state index contributed by atoms with van der Waals surface area (Å²) >= 11 is 0. The lowest BCUT2D eigenvalue weighted by Crippen LogP contribution is -2.36. The van der Waals surface area contributed by atoms with Gasteiger partial charge in [0.15, 0.2) is 0 Å². The maximum absolute atomic E-state index is 13.4. The van der Waals surface area contributed by atoms with Gasteiger partial charge in [0.2, 0.25) is 5.95 Å². The summed E-state index contributed by atoms with van der Waals surface area (Å²) in [4.78, 5) is 12.3. The van der Waals surface area contributed by atoms with Crippen LogP contribution in [-0.4, -0.2) is 49.4 Å². The molecule has 2 atom stereocenters. The SMILES string of the molecule is CN(C)c1nccc(N2C[C@H](F)C[C@H]2CN)n1. The fraction of sp³-hybridized carbons (Fsp3) is 0.636. The third kappa shape index (κ3) is 2.46. The molecule has 6 heteroatoms. The zero-order valence-electron chi connectivity index (χ0n) is 10.2. The Morgan fingerprint density at radius 3 is 3.00 bits per heavy atom. The first kappa shape index (κ1) is 12.0. The van der Waals surface area contributed by atoms with E-state index in [0.717, 1.165) is 5.82 Å². The molecular formula is C11H18FN5. The number of nitrogens with two attached hydrogens (primary N) is 1. The second-order valence-corrected chi connectivity index (χ2v) is 4.48. The normalized spacial score (nSPS) is 24.1. The lowest BCUT2D eigenvalue weighted by molar-refractivity contribution is 0.356. The molecule has 0 aromatic carbocycles. The Kier molecular flexibility index (Phi) is 3.42. The topological polar surface area (TPSA) is 58.3 Å². The van der Waals surface area contributed by atoms with E-state index < -0.39 is 6.17 Å². The van der Waals surface area contributed by atoms with Gasteiger partial charge in [-0.15, -0.1) is 0 Å². The Hall–Kier alpha value is -1.43. The second-order valence-electron chi connectivity index (χ2n) is 4.48. The molecule has 0 spiro atoms. The van der Waals surface area contributed by atoms with E-state index in [1.165, 1.54) is 0 Å². The molecule has 1 aromatic heterocycles. The number of hydrogen-bond acceptors (Lipinski definition) is 5. The average molecular weight is 239 g/mol. The number of rotatable bonds is 3. The zero-order valence-corrected chi connectivity index (χ0v) is 10.2. The van der Waals surface area contributed by atoms with Gasteiger partial charge in [0, 0.05) is 39.3 Å². The highest BCUT2D eigenvalue weighted by molar-refractivity contribution is 5.45. The summed E-state index contributed by atoms with van der Waals surface area (Å²) < 4.78 is 13.4. The summed E-state index contributed by atoms with van der Waals surface area (Å²) in [7, 11) is 3.75. The molecule has 1 aliphatic rings. The van der Waals surface area contributed by atoms with E-state index in [2.05, 4.69) is 9.97 Å². The molecule has 2 N–H and O–H groups in total. The van der Waals surface area contributed by atoms with Crippen molar-refractivity contribution < 1.29 is 4.39 Å². The quantitative estimate of drug-likeness (QED) is 0.828. The molecule has 17 heavy (non-hydrogen) atoms. The van der Waals surface area contributed by atoms with E-state index in [9.17, 15) is 4.39 Å². The van der Waals surface area contributed by atoms with Crippen molar-refractivity contribution in [3.05, 3.63) is 12.3 Å². The van der Waals surface area contributed by atoms with Gasteiger partial charge in [0.1, 0.15) is 12.0 Å². The summed E-state index contributed by atoms with van der Waals surface area (Å²) in [5.41, 5.74) is 5.66. The lowest BCUT2D eigenvalue weighted by Gasteiger charge is -2.24. The first-order valence-corrected chi connectivity index (χ1v) is 5.73. The fourth-order valence-electron chi connectivity index (χ4n) is 2.08. The molecule has 0 unspecified atom stereocenters. The molecule has 0 radical (unpaired) electrons. The lowest BCUT2D eigenvalue weighted by atomic mass is 10.2. The highest BCUT2D eigenvalue weighted by Crippen LogP contribution is 2.25. The van der Waals surface area contributed by atoms with Crippen LogP contribution in [0.3, 0.4) is 0 Å². The van der Waals surface area contributed by atoms with Gasteiger partial charge in [-0.25, -0.2) is 9.37 Å². The van der Waals surface area contributed by atoms with Crippen LogP contribution in [0.2, 0.25) is 0 Å². The van der Waals surface area contributed by atoms with Gasteiger partial charge in [-0.05, 0) is 6.07 Å². The predicted octanol–water partition coefficient (Wildman–Crippen LogP) is 0.418. The molecule has 0 aliphatic carbocycles. The highest BCUT2D eigenvalue weighted by atomic mass is 19.1. The maximum atomic E-state index is 13.4. The summed E-state index contributed by atoms with van der Waals surface area (Å²) in [6.45, 7) is 0.813. The molecule has 0 saturated carbocycles. The Balaban J connectivity index is 2.24. The number of halogens is 1. The second kappa shape index (κ2) is 4.83. The molecule has 5 nitrogen and oxygen atoms in total. The van der Waals surface area contributed by atoms with Crippen molar-refractivity contribution >= 4 is 11.8 Å². The van der Waals surface area contributed by atoms with Crippen molar-refractivity contribution in [2.45, 2.75) is 18.6 Å². The monoisotopic (exact) mass is 239 g/mol. The summed E-state index contributed by atoms with van der Waals surface area (Å²) in [6.07, 6.45) is 1.36. The van der Waals surface area contributed by atoms with Crippen molar-refractivity contribution in [3.63, 3.8) is 0 Å². The standard InChI is InChI=1S/C11H18FN5/c1-16(2)11-14-4-3-10(15-11)17-7-8(12)5-9(17)6-13/h3-4,8-9H,5-7,13H2,1-2H3/t8-,9+/m1/s1. The van der Waals surface area contributed by atoms with Crippen molar-refractivity contribution in [1.82, 2.24) is 9.97 Å². The summed E-state index contributed by atoms with van der Waals surface area (Å²) in [5, 5.41) is 0. The van der Waals surface area contributed by atoms with Crippen LogP contribution >= 0.6 is 0 Å². The molecule has 0 amide bonds. The zero-order chi connectivity index (χ0) is 12.4. The number of nitrogens with zero attached hydrogens (tertiary/aromatic N) is 4. The van der Waals surface area contributed by atoms with E-state index in [1.807, 2.05) is 23.9 Å². The molecule has 0 bridgehead atoms. The molecule has 1 aromatic rings. The van der Waals surface area contributed by atoms with Crippen LogP contribution in [-0.2, 0) is 0 Å². The van der Waals surface area contributed by atoms with Crippen molar-refractivity contribution in [1.29, 1.82) is 0 Å². The number of anilines is 2. The Morgan fingerprint density at radius 2 is 2.35 bits per heavy atom. The molecule has 2 rings (SSSR count). The van der Waals surface area contributed by atoms with Crippen molar-refractivity contribution in [3.8, 4) is 0 Å². The van der Waals surface area contributed by atoms with Crippen LogP contribution < -0.4 is 15.5 Å². The van der Waals surface area contributed by atoms with Crippen LogP contribution in [0.1, 0.15) is 6.42 Å². The third-order valence-electron chi connectivity index (χ3n) is 2.96. The summed E-state index contributed by atoms with van der Waals surface area (Å²) in [5.74, 6) is 1.37. The maximum Gasteiger partial charge on any atom is 0.226 e. The van der Waals surface area contributed by atoms with Gasteiger partial charge >= 0.3 is 0 Å². The van der Waals surface area contributed by atoms with Gasteiger partial charge in [0.05, 0.1) is 6.54 Å². The van der Waals surface area contributed by atoms with E-state index in [0.29, 0.717) is 25.5 Å². The fourth-order valence-corrected chi connectivity index (χ4v) is 2.08. The molecule has 1 fully saturated rings. The molecular weight excluding hydrogens is 221 g/mol. The smallest absolute Gasteiger partial charge is 0.226 e. The molecule has 94 valence electrons. The van der Waals surface area contributed by atoms with Crippen LogP contribution in [0, 0.1) is 0 Å². The van der Waals surface area contributed by atoms with Gasteiger partial charge in [0.25, 0.3) is 0 Å².